The molecule has 2 N–H and O–H groups in total. The first-order valence-corrected chi connectivity index (χ1v) is 7.76. The number of aromatic nitrogens is 2. The van der Waals surface area contributed by atoms with E-state index < -0.39 is 0 Å². The van der Waals surface area contributed by atoms with E-state index in [-0.39, 0.29) is 0 Å². The van der Waals surface area contributed by atoms with Crippen LogP contribution in [0.5, 0.6) is 0 Å². The molecule has 0 aliphatic carbocycles. The predicted octanol–water partition coefficient (Wildman–Crippen LogP) is 4.73. The maximum Gasteiger partial charge on any atom is 0.142 e. The first kappa shape index (κ1) is 13.6. The third kappa shape index (κ3) is 2.15. The van der Waals surface area contributed by atoms with Gasteiger partial charge in [-0.3, -0.25) is 4.40 Å². The van der Waals surface area contributed by atoms with Gasteiger partial charge in [0.15, 0.2) is 0 Å². The lowest BCUT2D eigenvalue weighted by atomic mass is 10.1. The zero-order valence-electron chi connectivity index (χ0n) is 11.1. The van der Waals surface area contributed by atoms with Crippen molar-refractivity contribution in [3.8, 4) is 11.3 Å². The van der Waals surface area contributed by atoms with Crippen molar-refractivity contribution in [3.63, 3.8) is 0 Å². The molecule has 0 aliphatic heterocycles. The molecular weight excluding hydrogens is 382 g/mol. The van der Waals surface area contributed by atoms with Crippen molar-refractivity contribution >= 4 is 43.3 Å². The molecule has 0 unspecified atom stereocenters. The fourth-order valence-electron chi connectivity index (χ4n) is 2.24. The summed E-state index contributed by atoms with van der Waals surface area (Å²) in [5.74, 6) is 0.653. The van der Waals surface area contributed by atoms with Crippen molar-refractivity contribution in [2.45, 2.75) is 13.8 Å². The summed E-state index contributed by atoms with van der Waals surface area (Å²) in [4.78, 5) is 4.69. The van der Waals surface area contributed by atoms with Crippen LogP contribution in [0, 0.1) is 13.8 Å². The minimum Gasteiger partial charge on any atom is -0.383 e. The van der Waals surface area contributed by atoms with E-state index in [9.17, 15) is 0 Å². The number of rotatable bonds is 1. The van der Waals surface area contributed by atoms with Crippen LogP contribution in [0.15, 0.2) is 39.4 Å². The molecule has 0 aliphatic rings. The summed E-state index contributed by atoms with van der Waals surface area (Å²) >= 11 is 7.05. The maximum atomic E-state index is 6.26. The Kier molecular flexibility index (Phi) is 3.34. The molecule has 2 aromatic heterocycles. The van der Waals surface area contributed by atoms with Gasteiger partial charge in [-0.15, -0.1) is 0 Å². The van der Waals surface area contributed by atoms with E-state index in [0.717, 1.165) is 31.4 Å². The summed E-state index contributed by atoms with van der Waals surface area (Å²) in [7, 11) is 0. The third-order valence-electron chi connectivity index (χ3n) is 3.35. The standard InChI is InChI=1S/C15H13Br2N3/c1-8-3-4-10(6-12(8)17)13-14(18)20-7-11(16)5-9(2)15(20)19-13/h3-7H,18H2,1-2H3. The number of aryl methyl sites for hydroxylation is 2. The van der Waals surface area contributed by atoms with E-state index in [0.29, 0.717) is 5.82 Å². The van der Waals surface area contributed by atoms with Crippen LogP contribution < -0.4 is 5.73 Å². The Bertz CT molecular complexity index is 822. The van der Waals surface area contributed by atoms with E-state index in [4.69, 9.17) is 10.7 Å². The molecule has 0 amide bonds. The quantitative estimate of drug-likeness (QED) is 0.648. The van der Waals surface area contributed by atoms with E-state index in [1.165, 1.54) is 5.56 Å². The lowest BCUT2D eigenvalue weighted by Gasteiger charge is -2.03. The summed E-state index contributed by atoms with van der Waals surface area (Å²) in [6.07, 6.45) is 1.94. The molecule has 0 bridgehead atoms. The van der Waals surface area contributed by atoms with Crippen LogP contribution in [-0.4, -0.2) is 9.38 Å². The number of fused-ring (bicyclic) bond motifs is 1. The molecule has 0 spiro atoms. The monoisotopic (exact) mass is 393 g/mol. The Labute approximate surface area is 134 Å². The predicted molar refractivity (Wildman–Crippen MR) is 89.9 cm³/mol. The summed E-state index contributed by atoms with van der Waals surface area (Å²) < 4.78 is 3.97. The first-order chi connectivity index (χ1) is 9.47. The zero-order chi connectivity index (χ0) is 14.4. The van der Waals surface area contributed by atoms with Crippen LogP contribution >= 0.6 is 31.9 Å². The molecular formula is C15H13Br2N3. The van der Waals surface area contributed by atoms with Crippen molar-refractivity contribution in [2.24, 2.45) is 0 Å². The average Bonchev–Trinajstić information content (AvgIpc) is 2.71. The van der Waals surface area contributed by atoms with Gasteiger partial charge in [0.25, 0.3) is 0 Å². The van der Waals surface area contributed by atoms with Gasteiger partial charge in [-0.25, -0.2) is 4.98 Å². The molecule has 2 heterocycles. The van der Waals surface area contributed by atoms with E-state index in [1.807, 2.05) is 29.7 Å². The van der Waals surface area contributed by atoms with Crippen molar-refractivity contribution in [3.05, 3.63) is 50.5 Å². The van der Waals surface area contributed by atoms with E-state index in [2.05, 4.69) is 50.9 Å². The number of nitrogen functional groups attached to an aromatic ring is 1. The van der Waals surface area contributed by atoms with Gasteiger partial charge in [-0.1, -0.05) is 28.1 Å². The maximum absolute atomic E-state index is 6.26. The largest absolute Gasteiger partial charge is 0.383 e. The molecule has 1 aromatic carbocycles. The normalized spacial score (nSPS) is 11.2. The highest BCUT2D eigenvalue weighted by molar-refractivity contribution is 9.10. The number of hydrogen-bond acceptors (Lipinski definition) is 2. The second-order valence-electron chi connectivity index (χ2n) is 4.84. The van der Waals surface area contributed by atoms with Crippen LogP contribution in [-0.2, 0) is 0 Å². The summed E-state index contributed by atoms with van der Waals surface area (Å²) in [5.41, 5.74) is 11.2. The van der Waals surface area contributed by atoms with Crippen LogP contribution in [0.25, 0.3) is 16.9 Å². The Morgan fingerprint density at radius 3 is 2.55 bits per heavy atom. The fraction of sp³-hybridized carbons (Fsp3) is 0.133. The number of benzene rings is 1. The number of pyridine rings is 1. The van der Waals surface area contributed by atoms with Gasteiger partial charge in [0.05, 0.1) is 0 Å². The summed E-state index contributed by atoms with van der Waals surface area (Å²) in [5, 5.41) is 0. The van der Waals surface area contributed by atoms with Gasteiger partial charge in [0.2, 0.25) is 0 Å². The van der Waals surface area contributed by atoms with Gasteiger partial charge in [0, 0.05) is 20.7 Å². The van der Waals surface area contributed by atoms with Crippen LogP contribution in [0.1, 0.15) is 11.1 Å². The number of imidazole rings is 1. The molecule has 0 saturated heterocycles. The van der Waals surface area contributed by atoms with Crippen molar-refractivity contribution < 1.29 is 0 Å². The molecule has 0 saturated carbocycles. The molecule has 3 aromatic rings. The number of halogens is 2. The molecule has 5 heteroatoms. The minimum absolute atomic E-state index is 0.653. The van der Waals surface area contributed by atoms with Gasteiger partial charge in [-0.05, 0) is 53.0 Å². The lowest BCUT2D eigenvalue weighted by Crippen LogP contribution is -1.95. The van der Waals surface area contributed by atoms with Crippen molar-refractivity contribution in [1.29, 1.82) is 0 Å². The fourth-order valence-corrected chi connectivity index (χ4v) is 3.17. The first-order valence-electron chi connectivity index (χ1n) is 6.17. The van der Waals surface area contributed by atoms with E-state index >= 15 is 0 Å². The molecule has 0 atom stereocenters. The molecule has 0 radical (unpaired) electrons. The Morgan fingerprint density at radius 1 is 1.10 bits per heavy atom. The summed E-state index contributed by atoms with van der Waals surface area (Å²) in [6.45, 7) is 4.09. The van der Waals surface area contributed by atoms with E-state index in [1.54, 1.807) is 0 Å². The highest BCUT2D eigenvalue weighted by Crippen LogP contribution is 2.31. The number of anilines is 1. The Balaban J connectivity index is 2.29. The second-order valence-corrected chi connectivity index (χ2v) is 6.61. The molecule has 102 valence electrons. The SMILES string of the molecule is Cc1ccc(-c2nc3c(C)cc(Br)cn3c2N)cc1Br. The highest BCUT2D eigenvalue weighted by Gasteiger charge is 2.14. The zero-order valence-corrected chi connectivity index (χ0v) is 14.3. The van der Waals surface area contributed by atoms with Gasteiger partial charge < -0.3 is 5.73 Å². The van der Waals surface area contributed by atoms with Crippen LogP contribution in [0.3, 0.4) is 0 Å². The number of nitrogens with two attached hydrogens (primary N) is 1. The minimum atomic E-state index is 0.653. The lowest BCUT2D eigenvalue weighted by molar-refractivity contribution is 1.16. The number of nitrogens with zero attached hydrogens (tertiary/aromatic N) is 2. The topological polar surface area (TPSA) is 43.3 Å². The second kappa shape index (κ2) is 4.90. The molecule has 3 nitrogen and oxygen atoms in total. The molecule has 3 rings (SSSR count). The van der Waals surface area contributed by atoms with Gasteiger partial charge in [-0.2, -0.15) is 0 Å². The smallest absolute Gasteiger partial charge is 0.142 e. The van der Waals surface area contributed by atoms with Gasteiger partial charge >= 0.3 is 0 Å². The van der Waals surface area contributed by atoms with Crippen molar-refractivity contribution in [2.75, 3.05) is 5.73 Å². The highest BCUT2D eigenvalue weighted by atomic mass is 79.9. The average molecular weight is 395 g/mol. The molecule has 0 fully saturated rings. The van der Waals surface area contributed by atoms with Crippen molar-refractivity contribution in [1.82, 2.24) is 9.38 Å². The van der Waals surface area contributed by atoms with Crippen LogP contribution in [0.2, 0.25) is 0 Å². The summed E-state index contributed by atoms with van der Waals surface area (Å²) in [6, 6.07) is 8.20. The van der Waals surface area contributed by atoms with Gasteiger partial charge in [0.1, 0.15) is 17.2 Å². The molecule has 20 heavy (non-hydrogen) atoms. The van der Waals surface area contributed by atoms with Crippen LogP contribution in [0.4, 0.5) is 5.82 Å². The Morgan fingerprint density at radius 2 is 1.85 bits per heavy atom. The number of hydrogen-bond donors (Lipinski definition) is 1. The Hall–Kier alpha value is -1.33. The third-order valence-corrected chi connectivity index (χ3v) is 4.64.